The van der Waals surface area contributed by atoms with Crippen molar-refractivity contribution >= 4 is 10.1 Å². The molecular formula is C35H38N2O4S. The molecule has 2 saturated heterocycles. The van der Waals surface area contributed by atoms with E-state index in [0.29, 0.717) is 6.54 Å². The molecule has 218 valence electrons. The Morgan fingerprint density at radius 2 is 1.12 bits per heavy atom. The molecule has 1 N–H and O–H groups in total. The molecule has 0 unspecified atom stereocenters. The lowest BCUT2D eigenvalue weighted by atomic mass is 9.63. The van der Waals surface area contributed by atoms with Crippen molar-refractivity contribution in [2.24, 2.45) is 5.92 Å². The van der Waals surface area contributed by atoms with Gasteiger partial charge in [0.25, 0.3) is 10.1 Å². The topological polar surface area (TPSA) is 70.1 Å². The van der Waals surface area contributed by atoms with E-state index < -0.39 is 21.4 Å². The van der Waals surface area contributed by atoms with Gasteiger partial charge in [0.1, 0.15) is 5.60 Å². The van der Waals surface area contributed by atoms with E-state index in [0.717, 1.165) is 17.4 Å². The smallest absolute Gasteiger partial charge is 0.266 e. The summed E-state index contributed by atoms with van der Waals surface area (Å²) in [4.78, 5) is 4.39. The average molecular weight is 583 g/mol. The van der Waals surface area contributed by atoms with Crippen LogP contribution >= 0.6 is 0 Å². The summed E-state index contributed by atoms with van der Waals surface area (Å²) in [5.74, 6) is -0.206. The number of hydrogen-bond acceptors (Lipinski definition) is 6. The van der Waals surface area contributed by atoms with E-state index in [1.807, 2.05) is 77.7 Å². The monoisotopic (exact) mass is 582 g/mol. The van der Waals surface area contributed by atoms with Gasteiger partial charge in [0.05, 0.1) is 18.3 Å². The van der Waals surface area contributed by atoms with Gasteiger partial charge in [-0.05, 0) is 36.1 Å². The van der Waals surface area contributed by atoms with Gasteiger partial charge < -0.3 is 5.11 Å². The zero-order valence-corrected chi connectivity index (χ0v) is 25.1. The van der Waals surface area contributed by atoms with Crippen LogP contribution in [-0.2, 0) is 14.3 Å². The van der Waals surface area contributed by atoms with Gasteiger partial charge in [0.15, 0.2) is 5.72 Å². The van der Waals surface area contributed by atoms with Crippen LogP contribution in [0.15, 0.2) is 121 Å². The molecule has 4 aromatic carbocycles. The summed E-state index contributed by atoms with van der Waals surface area (Å²) in [6, 6.07) is 40.5. The van der Waals surface area contributed by atoms with Crippen LogP contribution in [0.3, 0.4) is 0 Å². The molecule has 0 aromatic heterocycles. The van der Waals surface area contributed by atoms with Crippen LogP contribution in [0.2, 0.25) is 0 Å². The molecule has 7 heteroatoms. The third kappa shape index (κ3) is 4.99. The van der Waals surface area contributed by atoms with Crippen molar-refractivity contribution in [2.45, 2.75) is 43.3 Å². The molecule has 0 amide bonds. The third-order valence-corrected chi connectivity index (χ3v) is 9.93. The Hall–Kier alpha value is -3.33. The zero-order chi connectivity index (χ0) is 29.5. The van der Waals surface area contributed by atoms with Crippen LogP contribution in [-0.4, -0.2) is 60.0 Å². The predicted octanol–water partition coefficient (Wildman–Crippen LogP) is 5.63. The van der Waals surface area contributed by atoms with Crippen molar-refractivity contribution in [3.05, 3.63) is 144 Å². The highest BCUT2D eigenvalue weighted by Crippen LogP contribution is 2.56. The number of likely N-dealkylation sites (tertiary alicyclic amines) is 2. The highest BCUT2D eigenvalue weighted by molar-refractivity contribution is 7.86. The largest absolute Gasteiger partial charge is 0.384 e. The fourth-order valence-corrected chi connectivity index (χ4v) is 7.96. The molecule has 6 nitrogen and oxygen atoms in total. The van der Waals surface area contributed by atoms with Gasteiger partial charge in [-0.25, -0.2) is 4.18 Å². The van der Waals surface area contributed by atoms with Gasteiger partial charge in [-0.3, -0.25) is 9.80 Å². The van der Waals surface area contributed by atoms with Crippen molar-refractivity contribution in [1.82, 2.24) is 9.80 Å². The predicted molar refractivity (Wildman–Crippen MR) is 165 cm³/mol. The second-order valence-electron chi connectivity index (χ2n) is 11.8. The zero-order valence-electron chi connectivity index (χ0n) is 24.2. The molecule has 6 rings (SSSR count). The normalized spacial score (nSPS) is 26.6. The first kappa shape index (κ1) is 28.8. The highest BCUT2D eigenvalue weighted by atomic mass is 32.2. The van der Waals surface area contributed by atoms with E-state index in [1.165, 1.54) is 11.1 Å². The first-order valence-corrected chi connectivity index (χ1v) is 16.3. The summed E-state index contributed by atoms with van der Waals surface area (Å²) in [6.45, 7) is 4.74. The van der Waals surface area contributed by atoms with Crippen molar-refractivity contribution in [3.8, 4) is 0 Å². The first-order chi connectivity index (χ1) is 20.1. The Kier molecular flexibility index (Phi) is 7.58. The number of benzene rings is 4. The first-order valence-electron chi connectivity index (χ1n) is 14.5. The number of rotatable bonds is 9. The SMILES string of the molecule is C[C@H]1[C@H]([C@@]2(O)CN(C(c3ccccc3)c3ccccc3)[C@@]2(C)OS(C)(=O)=O)CN1C(c1ccccc1)c1ccccc1. The summed E-state index contributed by atoms with van der Waals surface area (Å²) in [5, 5.41) is 12.5. The molecule has 0 aliphatic carbocycles. The van der Waals surface area contributed by atoms with E-state index in [4.69, 9.17) is 4.18 Å². The Labute approximate surface area is 249 Å². The summed E-state index contributed by atoms with van der Waals surface area (Å²) in [7, 11) is -3.91. The quantitative estimate of drug-likeness (QED) is 0.258. The Morgan fingerprint density at radius 1 is 0.738 bits per heavy atom. The molecule has 2 fully saturated rings. The maximum atomic E-state index is 12.8. The fourth-order valence-electron chi connectivity index (χ4n) is 7.13. The van der Waals surface area contributed by atoms with E-state index in [-0.39, 0.29) is 30.6 Å². The molecule has 4 aromatic rings. The molecular weight excluding hydrogens is 544 g/mol. The number of aliphatic hydroxyl groups is 1. The summed E-state index contributed by atoms with van der Waals surface area (Å²) < 4.78 is 31.4. The van der Waals surface area contributed by atoms with Crippen molar-refractivity contribution < 1.29 is 17.7 Å². The molecule has 2 aliphatic heterocycles. The van der Waals surface area contributed by atoms with Crippen LogP contribution in [0, 0.1) is 5.92 Å². The molecule has 4 atom stereocenters. The minimum absolute atomic E-state index is 0.0156. The second-order valence-corrected chi connectivity index (χ2v) is 13.4. The summed E-state index contributed by atoms with van der Waals surface area (Å²) in [6.07, 6.45) is 1.06. The van der Waals surface area contributed by atoms with Crippen LogP contribution in [0.5, 0.6) is 0 Å². The molecule has 0 saturated carbocycles. The van der Waals surface area contributed by atoms with Gasteiger partial charge in [0.2, 0.25) is 0 Å². The van der Waals surface area contributed by atoms with Gasteiger partial charge in [-0.15, -0.1) is 0 Å². The van der Waals surface area contributed by atoms with Crippen LogP contribution in [0.1, 0.15) is 48.2 Å². The number of hydrogen-bond donors (Lipinski definition) is 1. The highest BCUT2D eigenvalue weighted by Gasteiger charge is 2.72. The molecule has 2 aliphatic rings. The van der Waals surface area contributed by atoms with Crippen LogP contribution < -0.4 is 0 Å². The third-order valence-electron chi connectivity index (χ3n) is 9.31. The van der Waals surface area contributed by atoms with Crippen molar-refractivity contribution in [3.63, 3.8) is 0 Å². The lowest BCUT2D eigenvalue weighted by molar-refractivity contribution is -0.342. The van der Waals surface area contributed by atoms with Crippen molar-refractivity contribution in [1.29, 1.82) is 0 Å². The van der Waals surface area contributed by atoms with Crippen LogP contribution in [0.25, 0.3) is 0 Å². The molecule has 0 spiro atoms. The molecule has 42 heavy (non-hydrogen) atoms. The summed E-state index contributed by atoms with van der Waals surface area (Å²) in [5.41, 5.74) is 1.50. The summed E-state index contributed by atoms with van der Waals surface area (Å²) >= 11 is 0. The minimum atomic E-state index is -3.91. The second kappa shape index (κ2) is 11.1. The Bertz CT molecular complexity index is 1530. The minimum Gasteiger partial charge on any atom is -0.384 e. The number of nitrogens with zero attached hydrogens (tertiary/aromatic N) is 2. The maximum Gasteiger partial charge on any atom is 0.266 e. The molecule has 2 heterocycles. The lowest BCUT2D eigenvalue weighted by Gasteiger charge is -2.69. The van der Waals surface area contributed by atoms with Gasteiger partial charge >= 0.3 is 0 Å². The Balaban J connectivity index is 1.36. The van der Waals surface area contributed by atoms with Crippen LogP contribution in [0.4, 0.5) is 0 Å². The van der Waals surface area contributed by atoms with E-state index in [9.17, 15) is 13.5 Å². The molecule has 0 bridgehead atoms. The van der Waals surface area contributed by atoms with E-state index in [1.54, 1.807) is 6.92 Å². The lowest BCUT2D eigenvalue weighted by Crippen LogP contribution is -2.85. The van der Waals surface area contributed by atoms with Gasteiger partial charge in [-0.1, -0.05) is 121 Å². The number of β-amino-alcohol motifs (C(OH)–C–C–N with tert-alkyl or cyclic N) is 1. The van der Waals surface area contributed by atoms with Gasteiger partial charge in [0, 0.05) is 25.0 Å². The standard InChI is InChI=1S/C35H38N2O4S/c1-26-31(24-36(26)32(27-16-8-4-9-17-27)28-18-10-5-11-19-28)35(38)25-37(34(35,2)41-42(3,39)40)33(29-20-12-6-13-21-29)30-22-14-7-15-23-30/h4-23,26,31-33,38H,24-25H2,1-3H3/t26-,31+,34-,35-/m0/s1. The van der Waals surface area contributed by atoms with E-state index in [2.05, 4.69) is 60.4 Å². The average Bonchev–Trinajstić information content (AvgIpc) is 2.99. The van der Waals surface area contributed by atoms with E-state index >= 15 is 0 Å². The fraction of sp³-hybridized carbons (Fsp3) is 0.314. The van der Waals surface area contributed by atoms with Crippen molar-refractivity contribution in [2.75, 3.05) is 19.3 Å². The molecule has 0 radical (unpaired) electrons. The maximum absolute atomic E-state index is 12.8. The van der Waals surface area contributed by atoms with Gasteiger partial charge in [-0.2, -0.15) is 8.42 Å². The Morgan fingerprint density at radius 3 is 1.48 bits per heavy atom.